The number of rotatable bonds is 7. The Morgan fingerprint density at radius 3 is 1.46 bits per heavy atom. The third-order valence-electron chi connectivity index (χ3n) is 11.1. The van der Waals surface area contributed by atoms with E-state index in [9.17, 15) is 0 Å². The van der Waals surface area contributed by atoms with Crippen LogP contribution in [-0.2, 0) is 0 Å². The van der Waals surface area contributed by atoms with E-state index < -0.39 is 0 Å². The van der Waals surface area contributed by atoms with Crippen LogP contribution in [0, 0.1) is 0 Å². The maximum absolute atomic E-state index is 6.36. The van der Waals surface area contributed by atoms with Crippen molar-refractivity contribution in [1.82, 2.24) is 0 Å². The quantitative estimate of drug-likeness (QED) is 0.162. The molecule has 0 aliphatic carbocycles. The first-order valence-electron chi connectivity index (χ1n) is 19.3. The molecule has 0 fully saturated rings. The molecule has 57 heavy (non-hydrogen) atoms. The average Bonchev–Trinajstić information content (AvgIpc) is 3.86. The summed E-state index contributed by atoms with van der Waals surface area (Å²) in [5, 5.41) is 4.86. The molecule has 0 radical (unpaired) electrons. The molecule has 2 heterocycles. The first-order valence-corrected chi connectivity index (χ1v) is 20.1. The normalized spacial score (nSPS) is 11.5. The van der Waals surface area contributed by atoms with Gasteiger partial charge in [-0.1, -0.05) is 158 Å². The lowest BCUT2D eigenvalue weighted by Crippen LogP contribution is -2.09. The molecule has 9 aromatic carbocycles. The molecule has 3 heteroatoms. The summed E-state index contributed by atoms with van der Waals surface area (Å²) in [6.07, 6.45) is 0. The number of hydrogen-bond acceptors (Lipinski definition) is 3. The third kappa shape index (κ3) is 5.88. The van der Waals surface area contributed by atoms with E-state index >= 15 is 0 Å². The fourth-order valence-corrected chi connectivity index (χ4v) is 9.67. The van der Waals surface area contributed by atoms with E-state index in [0.29, 0.717) is 0 Å². The van der Waals surface area contributed by atoms with Crippen LogP contribution in [-0.4, -0.2) is 0 Å². The lowest BCUT2D eigenvalue weighted by atomic mass is 9.97. The monoisotopic (exact) mass is 745 g/mol. The molecule has 0 bridgehead atoms. The predicted molar refractivity (Wildman–Crippen MR) is 243 cm³/mol. The second-order valence-electron chi connectivity index (χ2n) is 14.5. The summed E-state index contributed by atoms with van der Waals surface area (Å²) in [5.74, 6) is 0. The topological polar surface area (TPSA) is 16.4 Å². The molecule has 0 unspecified atom stereocenters. The summed E-state index contributed by atoms with van der Waals surface area (Å²) in [6.45, 7) is 0. The minimum atomic E-state index is 0.873. The van der Waals surface area contributed by atoms with Crippen molar-refractivity contribution < 1.29 is 4.42 Å². The first kappa shape index (κ1) is 33.2. The summed E-state index contributed by atoms with van der Waals surface area (Å²) < 4.78 is 9.01. The molecule has 0 N–H and O–H groups in total. The van der Waals surface area contributed by atoms with Gasteiger partial charge in [0.1, 0.15) is 11.2 Å². The number of fused-ring (bicyclic) bond motifs is 6. The SMILES string of the molecule is c1ccc(-c2ccc(N(c3ccc(-c4cccc(-c5cccc6c5sc5c(-c7ccccc7)cccc56)c4)cc3)c3ccc4c(c3)oc3ccccc34)cc2)cc1. The molecule has 268 valence electrons. The van der Waals surface area contributed by atoms with E-state index in [1.807, 2.05) is 23.5 Å². The van der Waals surface area contributed by atoms with Gasteiger partial charge in [0.15, 0.2) is 0 Å². The number of nitrogens with zero attached hydrogens (tertiary/aromatic N) is 1. The van der Waals surface area contributed by atoms with Crippen molar-refractivity contribution in [2.75, 3.05) is 4.90 Å². The molecule has 0 aliphatic heterocycles. The molecule has 0 aliphatic rings. The number of anilines is 3. The molecule has 11 aromatic rings. The molecule has 0 saturated carbocycles. The highest BCUT2D eigenvalue weighted by Crippen LogP contribution is 2.45. The van der Waals surface area contributed by atoms with E-state index in [4.69, 9.17) is 4.42 Å². The molecular formula is C54H35NOS. The average molecular weight is 746 g/mol. The van der Waals surface area contributed by atoms with Crippen molar-refractivity contribution in [2.24, 2.45) is 0 Å². The fourth-order valence-electron chi connectivity index (χ4n) is 8.30. The zero-order chi connectivity index (χ0) is 37.7. The molecule has 0 saturated heterocycles. The number of para-hydroxylation sites is 1. The van der Waals surface area contributed by atoms with E-state index in [-0.39, 0.29) is 0 Å². The van der Waals surface area contributed by atoms with Gasteiger partial charge in [0.05, 0.1) is 0 Å². The second-order valence-corrected chi connectivity index (χ2v) is 15.5. The van der Waals surface area contributed by atoms with Gasteiger partial charge in [0.25, 0.3) is 0 Å². The van der Waals surface area contributed by atoms with Gasteiger partial charge in [-0.3, -0.25) is 0 Å². The van der Waals surface area contributed by atoms with E-state index in [1.165, 1.54) is 64.7 Å². The number of hydrogen-bond donors (Lipinski definition) is 0. The minimum absolute atomic E-state index is 0.873. The van der Waals surface area contributed by atoms with E-state index in [1.54, 1.807) is 0 Å². The van der Waals surface area contributed by atoms with Crippen LogP contribution in [0.3, 0.4) is 0 Å². The van der Waals surface area contributed by atoms with Gasteiger partial charge >= 0.3 is 0 Å². The summed E-state index contributed by atoms with van der Waals surface area (Å²) >= 11 is 1.90. The highest BCUT2D eigenvalue weighted by Gasteiger charge is 2.17. The highest BCUT2D eigenvalue weighted by atomic mass is 32.1. The Labute approximate surface area is 335 Å². The van der Waals surface area contributed by atoms with Gasteiger partial charge in [0.2, 0.25) is 0 Å². The Kier molecular flexibility index (Phi) is 8.04. The van der Waals surface area contributed by atoms with E-state index in [0.717, 1.165) is 39.0 Å². The first-order chi connectivity index (χ1) is 28.2. The maximum Gasteiger partial charge on any atom is 0.137 e. The second kappa shape index (κ2) is 13.8. The highest BCUT2D eigenvalue weighted by molar-refractivity contribution is 7.26. The van der Waals surface area contributed by atoms with Gasteiger partial charge in [-0.25, -0.2) is 0 Å². The lowest BCUT2D eigenvalue weighted by molar-refractivity contribution is 0.669. The zero-order valence-corrected chi connectivity index (χ0v) is 31.8. The van der Waals surface area contributed by atoms with Crippen molar-refractivity contribution in [3.05, 3.63) is 212 Å². The van der Waals surface area contributed by atoms with Gasteiger partial charge in [-0.05, 0) is 93.0 Å². The summed E-state index contributed by atoms with van der Waals surface area (Å²) in [6, 6.07) is 76.2. The lowest BCUT2D eigenvalue weighted by Gasteiger charge is -2.26. The Morgan fingerprint density at radius 1 is 0.298 bits per heavy atom. The van der Waals surface area contributed by atoms with Crippen LogP contribution in [0.5, 0.6) is 0 Å². The van der Waals surface area contributed by atoms with Gasteiger partial charge in [-0.2, -0.15) is 0 Å². The summed E-state index contributed by atoms with van der Waals surface area (Å²) in [7, 11) is 0. The number of benzene rings is 9. The standard InChI is InChI=1S/C54H35NOS/c1-3-12-36(13-4-1)37-24-28-42(29-25-37)55(44-32-33-48-47-18-7-8-23-51(47)56-52(48)35-44)43-30-26-38(27-31-43)40-16-9-17-41(34-40)46-20-11-22-50-49-21-10-19-45(53(49)57-54(46)50)39-14-5-2-6-15-39/h1-35H. The molecule has 0 atom stereocenters. The molecule has 11 rings (SSSR count). The molecular weight excluding hydrogens is 711 g/mol. The Balaban J connectivity index is 0.973. The van der Waals surface area contributed by atoms with E-state index in [2.05, 4.69) is 205 Å². The summed E-state index contributed by atoms with van der Waals surface area (Å²) in [5.41, 5.74) is 14.7. The van der Waals surface area contributed by atoms with Crippen LogP contribution in [0.15, 0.2) is 217 Å². The largest absolute Gasteiger partial charge is 0.456 e. The number of thiophene rings is 1. The van der Waals surface area contributed by atoms with Crippen LogP contribution in [0.1, 0.15) is 0 Å². The van der Waals surface area contributed by atoms with Crippen LogP contribution in [0.2, 0.25) is 0 Å². The van der Waals surface area contributed by atoms with Crippen molar-refractivity contribution in [2.45, 2.75) is 0 Å². The maximum atomic E-state index is 6.36. The zero-order valence-electron chi connectivity index (χ0n) is 31.0. The van der Waals surface area contributed by atoms with Crippen LogP contribution in [0.25, 0.3) is 86.6 Å². The Bertz CT molecular complexity index is 3210. The smallest absolute Gasteiger partial charge is 0.137 e. The third-order valence-corrected chi connectivity index (χ3v) is 12.4. The predicted octanol–water partition coefficient (Wildman–Crippen LogP) is 16.1. The molecule has 0 spiro atoms. The Morgan fingerprint density at radius 2 is 0.772 bits per heavy atom. The Hall–Kier alpha value is -7.20. The van der Waals surface area contributed by atoms with Crippen molar-refractivity contribution in [1.29, 1.82) is 0 Å². The van der Waals surface area contributed by atoms with Crippen molar-refractivity contribution in [3.63, 3.8) is 0 Å². The molecule has 0 amide bonds. The van der Waals surface area contributed by atoms with Gasteiger partial charge in [0, 0.05) is 54.1 Å². The fraction of sp³-hybridized carbons (Fsp3) is 0. The number of furan rings is 1. The van der Waals surface area contributed by atoms with Crippen LogP contribution in [0.4, 0.5) is 17.1 Å². The van der Waals surface area contributed by atoms with Crippen LogP contribution >= 0.6 is 11.3 Å². The van der Waals surface area contributed by atoms with Gasteiger partial charge in [-0.15, -0.1) is 11.3 Å². The minimum Gasteiger partial charge on any atom is -0.456 e. The molecule has 2 aromatic heterocycles. The van der Waals surface area contributed by atoms with Crippen LogP contribution < -0.4 is 4.90 Å². The molecule has 2 nitrogen and oxygen atoms in total. The van der Waals surface area contributed by atoms with Crippen molar-refractivity contribution in [3.8, 4) is 44.5 Å². The summed E-state index contributed by atoms with van der Waals surface area (Å²) in [4.78, 5) is 2.31. The van der Waals surface area contributed by atoms with Crippen molar-refractivity contribution >= 4 is 70.5 Å². The van der Waals surface area contributed by atoms with Gasteiger partial charge < -0.3 is 9.32 Å².